The van der Waals surface area contributed by atoms with E-state index in [4.69, 9.17) is 5.84 Å². The second-order valence-corrected chi connectivity index (χ2v) is 6.38. The highest BCUT2D eigenvalue weighted by Crippen LogP contribution is 2.22. The van der Waals surface area contributed by atoms with Crippen molar-refractivity contribution in [2.24, 2.45) is 0 Å². The van der Waals surface area contributed by atoms with Gasteiger partial charge in [-0.25, -0.2) is 9.36 Å². The first-order chi connectivity index (χ1) is 10.4. The van der Waals surface area contributed by atoms with Crippen LogP contribution in [0.5, 0.6) is 0 Å². The molecule has 9 heteroatoms. The zero-order chi connectivity index (χ0) is 16.3. The van der Waals surface area contributed by atoms with Crippen molar-refractivity contribution in [1.82, 2.24) is 24.7 Å². The molecule has 0 unspecified atom stereocenters. The molecule has 0 aliphatic rings. The van der Waals surface area contributed by atoms with Gasteiger partial charge in [-0.05, 0) is 27.2 Å². The normalized spacial score (nSPS) is 13.8. The summed E-state index contributed by atoms with van der Waals surface area (Å²) < 4.78 is 3.18. The fraction of sp³-hybridized carbons (Fsp3) is 0.538. The van der Waals surface area contributed by atoms with Gasteiger partial charge in [0.2, 0.25) is 11.1 Å². The quantitative estimate of drug-likeness (QED) is 0.618. The van der Waals surface area contributed by atoms with Crippen molar-refractivity contribution in [3.05, 3.63) is 18.1 Å². The lowest BCUT2D eigenvalue weighted by atomic mass is 10.3. The van der Waals surface area contributed by atoms with E-state index in [0.717, 1.165) is 6.42 Å². The van der Waals surface area contributed by atoms with E-state index in [1.165, 1.54) is 16.4 Å². The molecule has 0 saturated heterocycles. The highest BCUT2D eigenvalue weighted by molar-refractivity contribution is 8.00. The Labute approximate surface area is 133 Å². The summed E-state index contributed by atoms with van der Waals surface area (Å²) in [6, 6.07) is 2.01. The molecule has 3 N–H and O–H groups in total. The third-order valence-electron chi connectivity index (χ3n) is 3.42. The summed E-state index contributed by atoms with van der Waals surface area (Å²) in [6.07, 6.45) is 2.61. The molecule has 2 aromatic heterocycles. The van der Waals surface area contributed by atoms with Gasteiger partial charge < -0.3 is 11.2 Å². The number of amides is 1. The van der Waals surface area contributed by atoms with E-state index < -0.39 is 0 Å². The summed E-state index contributed by atoms with van der Waals surface area (Å²) >= 11 is 1.26. The molecule has 2 atom stereocenters. The molecule has 0 bridgehead atoms. The van der Waals surface area contributed by atoms with Crippen LogP contribution in [0.25, 0.3) is 0 Å². The van der Waals surface area contributed by atoms with Crippen LogP contribution in [0.1, 0.15) is 39.1 Å². The van der Waals surface area contributed by atoms with Gasteiger partial charge in [-0.15, -0.1) is 10.2 Å². The molecule has 1 amide bonds. The monoisotopic (exact) mass is 323 g/mol. The van der Waals surface area contributed by atoms with Crippen molar-refractivity contribution in [2.45, 2.75) is 50.6 Å². The Hall–Kier alpha value is -2.03. The van der Waals surface area contributed by atoms with Crippen LogP contribution in [-0.2, 0) is 4.79 Å². The van der Waals surface area contributed by atoms with Gasteiger partial charge in [0.1, 0.15) is 11.6 Å². The molecule has 0 spiro atoms. The fourth-order valence-corrected chi connectivity index (χ4v) is 2.62. The second-order valence-electron chi connectivity index (χ2n) is 5.07. The SMILES string of the molecule is CC[C@@H](C)n1nccc1NC(=O)[C@@H](C)Sc1nnc(C)n1N. The van der Waals surface area contributed by atoms with Gasteiger partial charge in [0.05, 0.1) is 17.5 Å². The van der Waals surface area contributed by atoms with Crippen molar-refractivity contribution in [2.75, 3.05) is 11.2 Å². The van der Waals surface area contributed by atoms with Crippen LogP contribution in [0.4, 0.5) is 5.82 Å². The largest absolute Gasteiger partial charge is 0.336 e. The summed E-state index contributed by atoms with van der Waals surface area (Å²) in [4.78, 5) is 12.3. The number of aromatic nitrogens is 5. The second kappa shape index (κ2) is 6.82. The van der Waals surface area contributed by atoms with E-state index in [9.17, 15) is 4.79 Å². The standard InChI is InChI=1S/C13H21N7OS/c1-5-8(2)20-11(6-7-15-20)16-12(21)9(3)22-13-18-17-10(4)19(13)14/h6-9H,5,14H2,1-4H3,(H,16,21)/t8-,9-/m1/s1. The minimum Gasteiger partial charge on any atom is -0.336 e. The molecule has 2 aromatic rings. The summed E-state index contributed by atoms with van der Waals surface area (Å²) in [5.41, 5.74) is 0. The summed E-state index contributed by atoms with van der Waals surface area (Å²) in [7, 11) is 0. The Bertz CT molecular complexity index is 651. The molecule has 0 fully saturated rings. The molecule has 120 valence electrons. The first-order valence-corrected chi connectivity index (χ1v) is 8.00. The number of anilines is 1. The van der Waals surface area contributed by atoms with Crippen LogP contribution >= 0.6 is 11.8 Å². The lowest BCUT2D eigenvalue weighted by Gasteiger charge is -2.16. The number of nitrogens with two attached hydrogens (primary N) is 1. The molecule has 8 nitrogen and oxygen atoms in total. The number of aryl methyl sites for hydroxylation is 1. The zero-order valence-corrected chi connectivity index (χ0v) is 14.0. The molecule has 0 radical (unpaired) electrons. The number of rotatable bonds is 6. The Morgan fingerprint density at radius 1 is 1.45 bits per heavy atom. The number of nitrogens with zero attached hydrogens (tertiary/aromatic N) is 5. The van der Waals surface area contributed by atoms with Crippen LogP contribution in [-0.4, -0.2) is 35.8 Å². The van der Waals surface area contributed by atoms with Crippen molar-refractivity contribution in [3.63, 3.8) is 0 Å². The Morgan fingerprint density at radius 2 is 2.18 bits per heavy atom. The molecular formula is C13H21N7OS. The predicted molar refractivity (Wildman–Crippen MR) is 86.1 cm³/mol. The maximum atomic E-state index is 12.3. The minimum atomic E-state index is -0.355. The van der Waals surface area contributed by atoms with Gasteiger partial charge in [0.25, 0.3) is 0 Å². The molecule has 0 aliphatic heterocycles. The summed E-state index contributed by atoms with van der Waals surface area (Å²) in [5.74, 6) is 6.96. The average molecular weight is 323 g/mol. The van der Waals surface area contributed by atoms with Gasteiger partial charge in [-0.3, -0.25) is 4.79 Å². The number of thioether (sulfide) groups is 1. The van der Waals surface area contributed by atoms with Gasteiger partial charge in [0, 0.05) is 6.07 Å². The third kappa shape index (κ3) is 3.41. The molecule has 0 saturated carbocycles. The highest BCUT2D eigenvalue weighted by Gasteiger charge is 2.20. The number of hydrogen-bond acceptors (Lipinski definition) is 6. The number of carbonyl (C=O) groups is 1. The first kappa shape index (κ1) is 16.3. The highest BCUT2D eigenvalue weighted by atomic mass is 32.2. The molecule has 0 aliphatic carbocycles. The van der Waals surface area contributed by atoms with E-state index in [1.54, 1.807) is 26.1 Å². The molecular weight excluding hydrogens is 302 g/mol. The average Bonchev–Trinajstić information content (AvgIpc) is 3.08. The number of nitrogen functional groups attached to an aromatic ring is 1. The lowest BCUT2D eigenvalue weighted by molar-refractivity contribution is -0.115. The van der Waals surface area contributed by atoms with Crippen LogP contribution in [0, 0.1) is 6.92 Å². The molecule has 2 rings (SSSR count). The van der Waals surface area contributed by atoms with Crippen molar-refractivity contribution < 1.29 is 4.79 Å². The maximum Gasteiger partial charge on any atom is 0.238 e. The Morgan fingerprint density at radius 3 is 2.77 bits per heavy atom. The molecule has 0 aromatic carbocycles. The Kier molecular flexibility index (Phi) is 5.07. The summed E-state index contributed by atoms with van der Waals surface area (Å²) in [5, 5.41) is 15.1. The van der Waals surface area contributed by atoms with Crippen molar-refractivity contribution in [1.29, 1.82) is 0 Å². The van der Waals surface area contributed by atoms with E-state index in [2.05, 4.69) is 34.5 Å². The molecule has 22 heavy (non-hydrogen) atoms. The Balaban J connectivity index is 2.03. The van der Waals surface area contributed by atoms with Crippen LogP contribution < -0.4 is 11.2 Å². The number of carbonyl (C=O) groups excluding carboxylic acids is 1. The third-order valence-corrected chi connectivity index (χ3v) is 4.47. The maximum absolute atomic E-state index is 12.3. The van der Waals surface area contributed by atoms with Crippen LogP contribution in [0.3, 0.4) is 0 Å². The number of nitrogens with one attached hydrogen (secondary N) is 1. The van der Waals surface area contributed by atoms with Gasteiger partial charge >= 0.3 is 0 Å². The van der Waals surface area contributed by atoms with Crippen LogP contribution in [0.15, 0.2) is 17.4 Å². The molecule has 2 heterocycles. The van der Waals surface area contributed by atoms with Gasteiger partial charge in [-0.1, -0.05) is 18.7 Å². The fourth-order valence-electron chi connectivity index (χ4n) is 1.81. The predicted octanol–water partition coefficient (Wildman–Crippen LogP) is 1.59. The van der Waals surface area contributed by atoms with Crippen molar-refractivity contribution >= 4 is 23.5 Å². The van der Waals surface area contributed by atoms with Crippen molar-refractivity contribution in [3.8, 4) is 0 Å². The van der Waals surface area contributed by atoms with E-state index in [-0.39, 0.29) is 17.2 Å². The number of hydrogen-bond donors (Lipinski definition) is 2. The van der Waals surface area contributed by atoms with E-state index in [0.29, 0.717) is 16.8 Å². The lowest BCUT2D eigenvalue weighted by Crippen LogP contribution is -2.25. The minimum absolute atomic E-state index is 0.129. The first-order valence-electron chi connectivity index (χ1n) is 7.12. The zero-order valence-electron chi connectivity index (χ0n) is 13.1. The van der Waals surface area contributed by atoms with E-state index in [1.807, 2.05) is 4.68 Å². The smallest absolute Gasteiger partial charge is 0.238 e. The van der Waals surface area contributed by atoms with Gasteiger partial charge in [0.15, 0.2) is 0 Å². The summed E-state index contributed by atoms with van der Waals surface area (Å²) in [6.45, 7) is 7.69. The van der Waals surface area contributed by atoms with Gasteiger partial charge in [-0.2, -0.15) is 5.10 Å². The van der Waals surface area contributed by atoms with E-state index >= 15 is 0 Å². The van der Waals surface area contributed by atoms with Crippen LogP contribution in [0.2, 0.25) is 0 Å². The topological polar surface area (TPSA) is 104 Å².